The number of carbonyl (C=O) groups excluding carboxylic acids is 2. The number of anilines is 1. The lowest BCUT2D eigenvalue weighted by atomic mass is 10.3. The fourth-order valence-corrected chi connectivity index (χ4v) is 1.83. The van der Waals surface area contributed by atoms with Gasteiger partial charge in [0.15, 0.2) is 6.61 Å². The molecule has 0 fully saturated rings. The van der Waals surface area contributed by atoms with Gasteiger partial charge in [0.1, 0.15) is 0 Å². The van der Waals surface area contributed by atoms with Gasteiger partial charge < -0.3 is 10.1 Å². The predicted octanol–water partition coefficient (Wildman–Crippen LogP) is 4.55. The number of azo groups is 1. The van der Waals surface area contributed by atoms with Gasteiger partial charge in [0.05, 0.1) is 11.4 Å². The molecule has 0 aliphatic carbocycles. The molecule has 0 spiro atoms. The van der Waals surface area contributed by atoms with Crippen molar-refractivity contribution in [1.82, 2.24) is 0 Å². The number of esters is 1. The van der Waals surface area contributed by atoms with Gasteiger partial charge in [-0.2, -0.15) is 10.2 Å². The third-order valence-corrected chi connectivity index (χ3v) is 2.94. The van der Waals surface area contributed by atoms with Crippen LogP contribution < -0.4 is 5.32 Å². The number of nitrogens with one attached hydrogen (secondary N) is 1. The molecule has 25 heavy (non-hydrogen) atoms. The van der Waals surface area contributed by atoms with Crippen LogP contribution >= 0.6 is 0 Å². The number of allylic oxidation sites excluding steroid dienone is 1. The van der Waals surface area contributed by atoms with Gasteiger partial charge in [0.2, 0.25) is 0 Å². The molecule has 0 aromatic heterocycles. The van der Waals surface area contributed by atoms with Crippen LogP contribution in [0.2, 0.25) is 0 Å². The molecule has 1 N–H and O–H groups in total. The molecular formula is C19H19N3O3. The highest BCUT2D eigenvalue weighted by Gasteiger charge is 2.06. The van der Waals surface area contributed by atoms with E-state index < -0.39 is 11.9 Å². The molecule has 0 unspecified atom stereocenters. The zero-order chi connectivity index (χ0) is 18.1. The molecule has 0 atom stereocenters. The first-order valence-corrected chi connectivity index (χ1v) is 7.71. The highest BCUT2D eigenvalue weighted by molar-refractivity contribution is 5.93. The third-order valence-electron chi connectivity index (χ3n) is 2.94. The summed E-state index contributed by atoms with van der Waals surface area (Å²) in [4.78, 5) is 23.1. The van der Waals surface area contributed by atoms with Crippen molar-refractivity contribution in [3.63, 3.8) is 0 Å². The minimum absolute atomic E-state index is 0.335. The molecule has 2 rings (SSSR count). The van der Waals surface area contributed by atoms with Gasteiger partial charge in [-0.1, -0.05) is 23.8 Å². The average molecular weight is 337 g/mol. The van der Waals surface area contributed by atoms with Crippen LogP contribution in [0.15, 0.2) is 76.5 Å². The van der Waals surface area contributed by atoms with E-state index in [-0.39, 0.29) is 6.61 Å². The molecule has 0 bridgehead atoms. The molecule has 0 saturated heterocycles. The Hall–Kier alpha value is -3.28. The van der Waals surface area contributed by atoms with E-state index in [1.807, 2.05) is 30.3 Å². The monoisotopic (exact) mass is 337 g/mol. The van der Waals surface area contributed by atoms with Crippen LogP contribution in [-0.4, -0.2) is 18.5 Å². The van der Waals surface area contributed by atoms with E-state index in [0.29, 0.717) is 11.4 Å². The molecule has 0 aliphatic heterocycles. The zero-order valence-corrected chi connectivity index (χ0v) is 14.1. The molecule has 2 aromatic carbocycles. The Morgan fingerprint density at radius 2 is 1.56 bits per heavy atom. The van der Waals surface area contributed by atoms with Crippen molar-refractivity contribution < 1.29 is 14.3 Å². The summed E-state index contributed by atoms with van der Waals surface area (Å²) in [5.74, 6) is -0.944. The average Bonchev–Trinajstić information content (AvgIpc) is 2.60. The Balaban J connectivity index is 1.85. The van der Waals surface area contributed by atoms with Gasteiger partial charge in [-0.05, 0) is 50.2 Å². The van der Waals surface area contributed by atoms with Crippen LogP contribution in [0.1, 0.15) is 13.8 Å². The summed E-state index contributed by atoms with van der Waals surface area (Å²) in [7, 11) is 0. The highest BCUT2D eigenvalue weighted by Crippen LogP contribution is 2.19. The molecule has 1 amide bonds. The van der Waals surface area contributed by atoms with E-state index in [4.69, 9.17) is 4.74 Å². The number of nitrogens with zero attached hydrogens (tertiary/aromatic N) is 2. The number of amides is 1. The van der Waals surface area contributed by atoms with Crippen LogP contribution in [0.5, 0.6) is 0 Å². The molecule has 0 radical (unpaired) electrons. The summed E-state index contributed by atoms with van der Waals surface area (Å²) in [5, 5.41) is 10.9. The number of carbonyl (C=O) groups is 2. The second kappa shape index (κ2) is 9.12. The fraction of sp³-hybridized carbons (Fsp3) is 0.158. The quantitative estimate of drug-likeness (QED) is 0.477. The number of hydrogen-bond acceptors (Lipinski definition) is 5. The lowest BCUT2D eigenvalue weighted by Crippen LogP contribution is -2.20. The SMILES string of the molecule is CC(C)=CC(=O)OCC(=O)Nc1ccc(N=Nc2ccccc2)cc1. The molecule has 0 heterocycles. The molecule has 6 heteroatoms. The van der Waals surface area contributed by atoms with Crippen molar-refractivity contribution in [3.05, 3.63) is 66.2 Å². The van der Waals surface area contributed by atoms with E-state index in [2.05, 4.69) is 15.5 Å². The topological polar surface area (TPSA) is 80.1 Å². The van der Waals surface area contributed by atoms with E-state index in [1.54, 1.807) is 38.1 Å². The normalized spacial score (nSPS) is 10.3. The van der Waals surface area contributed by atoms with Gasteiger partial charge >= 0.3 is 5.97 Å². The first-order chi connectivity index (χ1) is 12.0. The van der Waals surface area contributed by atoms with Crippen molar-refractivity contribution in [2.75, 3.05) is 11.9 Å². The van der Waals surface area contributed by atoms with Gasteiger partial charge in [0.25, 0.3) is 5.91 Å². The molecule has 0 saturated carbocycles. The summed E-state index contributed by atoms with van der Waals surface area (Å²) in [6, 6.07) is 16.3. The first kappa shape index (κ1) is 18.1. The second-order valence-corrected chi connectivity index (χ2v) is 5.46. The minimum Gasteiger partial charge on any atom is -0.452 e. The standard InChI is InChI=1S/C19H19N3O3/c1-14(2)12-19(24)25-13-18(23)20-15-8-10-17(11-9-15)22-21-16-6-4-3-5-7-16/h3-12H,13H2,1-2H3,(H,20,23). The predicted molar refractivity (Wildman–Crippen MR) is 96.1 cm³/mol. The van der Waals surface area contributed by atoms with Gasteiger partial charge in [-0.25, -0.2) is 4.79 Å². The Morgan fingerprint density at radius 3 is 2.16 bits per heavy atom. The maximum Gasteiger partial charge on any atom is 0.331 e. The number of rotatable bonds is 6. The van der Waals surface area contributed by atoms with Crippen molar-refractivity contribution >= 4 is 28.9 Å². The maximum absolute atomic E-state index is 11.7. The van der Waals surface area contributed by atoms with Crippen LogP contribution in [0.4, 0.5) is 17.1 Å². The Labute approximate surface area is 146 Å². The molecule has 6 nitrogen and oxygen atoms in total. The van der Waals surface area contributed by atoms with Crippen LogP contribution in [0.25, 0.3) is 0 Å². The number of ether oxygens (including phenoxy) is 1. The second-order valence-electron chi connectivity index (χ2n) is 5.46. The van der Waals surface area contributed by atoms with Crippen LogP contribution in [0, 0.1) is 0 Å². The summed E-state index contributed by atoms with van der Waals surface area (Å²) in [6.45, 7) is 3.22. The summed E-state index contributed by atoms with van der Waals surface area (Å²) >= 11 is 0. The van der Waals surface area contributed by atoms with E-state index >= 15 is 0 Å². The maximum atomic E-state index is 11.7. The van der Waals surface area contributed by atoms with Gasteiger partial charge in [-0.15, -0.1) is 0 Å². The molecule has 128 valence electrons. The lowest BCUT2D eigenvalue weighted by molar-refractivity contribution is -0.142. The Bertz CT molecular complexity index is 777. The number of hydrogen-bond donors (Lipinski definition) is 1. The van der Waals surface area contributed by atoms with Crippen molar-refractivity contribution in [3.8, 4) is 0 Å². The summed E-state index contributed by atoms with van der Waals surface area (Å²) in [6.07, 6.45) is 1.33. The van der Waals surface area contributed by atoms with Crippen molar-refractivity contribution in [2.45, 2.75) is 13.8 Å². The molecule has 0 aliphatic rings. The van der Waals surface area contributed by atoms with E-state index in [9.17, 15) is 9.59 Å². The third kappa shape index (κ3) is 6.78. The van der Waals surface area contributed by atoms with Gasteiger partial charge in [-0.3, -0.25) is 4.79 Å². The van der Waals surface area contributed by atoms with Gasteiger partial charge in [0, 0.05) is 11.8 Å². The Kier molecular flexibility index (Phi) is 6.59. The lowest BCUT2D eigenvalue weighted by Gasteiger charge is -2.05. The molecular weight excluding hydrogens is 318 g/mol. The Morgan fingerprint density at radius 1 is 0.960 bits per heavy atom. The zero-order valence-electron chi connectivity index (χ0n) is 14.1. The first-order valence-electron chi connectivity index (χ1n) is 7.71. The fourth-order valence-electron chi connectivity index (χ4n) is 1.83. The smallest absolute Gasteiger partial charge is 0.331 e. The number of benzene rings is 2. The largest absolute Gasteiger partial charge is 0.452 e. The van der Waals surface area contributed by atoms with Crippen LogP contribution in [0.3, 0.4) is 0 Å². The summed E-state index contributed by atoms with van der Waals surface area (Å²) in [5.41, 5.74) is 2.82. The van der Waals surface area contributed by atoms with Crippen molar-refractivity contribution in [2.24, 2.45) is 10.2 Å². The van der Waals surface area contributed by atoms with Crippen molar-refractivity contribution in [1.29, 1.82) is 0 Å². The highest BCUT2D eigenvalue weighted by atomic mass is 16.5. The van der Waals surface area contributed by atoms with E-state index in [0.717, 1.165) is 11.3 Å². The molecule has 2 aromatic rings. The minimum atomic E-state index is -0.535. The van der Waals surface area contributed by atoms with E-state index in [1.165, 1.54) is 6.08 Å². The van der Waals surface area contributed by atoms with Crippen LogP contribution in [-0.2, 0) is 14.3 Å². The summed E-state index contributed by atoms with van der Waals surface area (Å²) < 4.78 is 4.84.